The van der Waals surface area contributed by atoms with Gasteiger partial charge in [-0.25, -0.2) is 9.67 Å². The van der Waals surface area contributed by atoms with Crippen LogP contribution in [0.5, 0.6) is 0 Å². The summed E-state index contributed by atoms with van der Waals surface area (Å²) >= 11 is 0. The molecule has 3 heterocycles. The summed E-state index contributed by atoms with van der Waals surface area (Å²) in [7, 11) is 0. The third-order valence-electron chi connectivity index (χ3n) is 4.01. The van der Waals surface area contributed by atoms with Gasteiger partial charge in [-0.05, 0) is 32.3 Å². The number of amides is 1. The molecule has 0 N–H and O–H groups in total. The molecule has 1 aliphatic rings. The minimum absolute atomic E-state index is 0.104. The van der Waals surface area contributed by atoms with Crippen LogP contribution in [0.15, 0.2) is 25.0 Å². The van der Waals surface area contributed by atoms with Gasteiger partial charge in [0.15, 0.2) is 0 Å². The second kappa shape index (κ2) is 5.67. The number of carbonyl (C=O) groups excluding carboxylic acids is 1. The van der Waals surface area contributed by atoms with Crippen LogP contribution in [-0.2, 0) is 11.3 Å². The van der Waals surface area contributed by atoms with Crippen molar-refractivity contribution in [3.8, 4) is 0 Å². The average Bonchev–Trinajstić information content (AvgIpc) is 3.19. The summed E-state index contributed by atoms with van der Waals surface area (Å²) in [6.45, 7) is 5.45. The molecule has 0 spiro atoms. The van der Waals surface area contributed by atoms with E-state index in [1.807, 2.05) is 35.8 Å². The zero-order valence-electron chi connectivity index (χ0n) is 12.4. The first-order valence-electron chi connectivity index (χ1n) is 7.29. The van der Waals surface area contributed by atoms with Crippen LogP contribution < -0.4 is 0 Å². The van der Waals surface area contributed by atoms with Crippen LogP contribution in [0.2, 0.25) is 0 Å². The van der Waals surface area contributed by atoms with Crippen LogP contribution >= 0.6 is 0 Å². The molecule has 3 rings (SSSR count). The number of hydrogen-bond donors (Lipinski definition) is 0. The predicted molar refractivity (Wildman–Crippen MR) is 76.4 cm³/mol. The lowest BCUT2D eigenvalue weighted by atomic mass is 10.2. The molecule has 1 amide bonds. The van der Waals surface area contributed by atoms with E-state index in [0.29, 0.717) is 0 Å². The van der Waals surface area contributed by atoms with Gasteiger partial charge in [0.1, 0.15) is 18.7 Å². The van der Waals surface area contributed by atoms with Crippen molar-refractivity contribution in [2.75, 3.05) is 6.54 Å². The van der Waals surface area contributed by atoms with Crippen LogP contribution in [0.4, 0.5) is 0 Å². The first-order valence-corrected chi connectivity index (χ1v) is 7.29. The lowest BCUT2D eigenvalue weighted by Gasteiger charge is -2.27. The quantitative estimate of drug-likeness (QED) is 0.843. The average molecular weight is 288 g/mol. The molecule has 0 bridgehead atoms. The summed E-state index contributed by atoms with van der Waals surface area (Å²) in [5.41, 5.74) is 1.14. The third kappa shape index (κ3) is 2.81. The molecule has 2 atom stereocenters. The van der Waals surface area contributed by atoms with Crippen LogP contribution in [0, 0.1) is 6.92 Å². The number of hydrogen-bond acceptors (Lipinski definition) is 4. The Morgan fingerprint density at radius 3 is 3.00 bits per heavy atom. The van der Waals surface area contributed by atoms with E-state index in [1.54, 1.807) is 11.0 Å². The van der Waals surface area contributed by atoms with Crippen molar-refractivity contribution < 1.29 is 4.79 Å². The van der Waals surface area contributed by atoms with Gasteiger partial charge in [-0.1, -0.05) is 0 Å². The predicted octanol–water partition coefficient (Wildman–Crippen LogP) is 1.04. The van der Waals surface area contributed by atoms with Crippen LogP contribution in [0.25, 0.3) is 0 Å². The zero-order valence-corrected chi connectivity index (χ0v) is 12.4. The Morgan fingerprint density at radius 1 is 1.48 bits per heavy atom. The van der Waals surface area contributed by atoms with E-state index in [2.05, 4.69) is 15.2 Å². The van der Waals surface area contributed by atoms with Crippen LogP contribution in [0.3, 0.4) is 0 Å². The molecule has 2 aromatic heterocycles. The van der Waals surface area contributed by atoms with Gasteiger partial charge in [-0.3, -0.25) is 9.48 Å². The Kier molecular flexibility index (Phi) is 3.72. The molecule has 21 heavy (non-hydrogen) atoms. The lowest BCUT2D eigenvalue weighted by molar-refractivity contribution is -0.135. The van der Waals surface area contributed by atoms with E-state index in [4.69, 9.17) is 0 Å². The maximum absolute atomic E-state index is 12.7. The maximum Gasteiger partial charge on any atom is 0.247 e. The summed E-state index contributed by atoms with van der Waals surface area (Å²) in [5, 5.41) is 8.38. The molecule has 1 fully saturated rings. The van der Waals surface area contributed by atoms with Crippen molar-refractivity contribution in [1.82, 2.24) is 29.4 Å². The zero-order chi connectivity index (χ0) is 14.8. The van der Waals surface area contributed by atoms with Crippen LogP contribution in [0.1, 0.15) is 31.4 Å². The molecule has 0 aliphatic carbocycles. The molecule has 112 valence electrons. The highest BCUT2D eigenvalue weighted by molar-refractivity contribution is 5.80. The van der Waals surface area contributed by atoms with E-state index >= 15 is 0 Å². The largest absolute Gasteiger partial charge is 0.336 e. The molecule has 1 saturated heterocycles. The van der Waals surface area contributed by atoms with E-state index in [-0.39, 0.29) is 18.0 Å². The second-order valence-electron chi connectivity index (χ2n) is 5.62. The fourth-order valence-corrected chi connectivity index (χ4v) is 2.87. The first-order chi connectivity index (χ1) is 10.1. The summed E-state index contributed by atoms with van der Waals surface area (Å²) < 4.78 is 3.53. The van der Waals surface area contributed by atoms with Crippen molar-refractivity contribution in [3.05, 3.63) is 30.6 Å². The Morgan fingerprint density at radius 2 is 2.33 bits per heavy atom. The minimum atomic E-state index is -0.313. The van der Waals surface area contributed by atoms with Crippen molar-refractivity contribution in [3.63, 3.8) is 0 Å². The molecule has 0 unspecified atom stereocenters. The number of nitrogens with zero attached hydrogens (tertiary/aromatic N) is 6. The highest BCUT2D eigenvalue weighted by Crippen LogP contribution is 2.22. The molecule has 0 radical (unpaired) electrons. The van der Waals surface area contributed by atoms with E-state index in [1.165, 1.54) is 6.33 Å². The van der Waals surface area contributed by atoms with E-state index < -0.39 is 0 Å². The fourth-order valence-electron chi connectivity index (χ4n) is 2.87. The van der Waals surface area contributed by atoms with Crippen molar-refractivity contribution in [2.24, 2.45) is 0 Å². The SMILES string of the molecule is Cc1cnn(C[C@H]2CCCN2C(=O)[C@H](C)n2cncn2)c1. The van der Waals surface area contributed by atoms with Gasteiger partial charge >= 0.3 is 0 Å². The van der Waals surface area contributed by atoms with Gasteiger partial charge in [0.25, 0.3) is 0 Å². The van der Waals surface area contributed by atoms with Crippen molar-refractivity contribution >= 4 is 5.91 Å². The topological polar surface area (TPSA) is 68.8 Å². The monoisotopic (exact) mass is 288 g/mol. The van der Waals surface area contributed by atoms with Crippen LogP contribution in [-0.4, -0.2) is 47.9 Å². The molecule has 7 heteroatoms. The highest BCUT2D eigenvalue weighted by Gasteiger charge is 2.32. The third-order valence-corrected chi connectivity index (χ3v) is 4.01. The molecule has 7 nitrogen and oxygen atoms in total. The van der Waals surface area contributed by atoms with Crippen molar-refractivity contribution in [1.29, 1.82) is 0 Å². The van der Waals surface area contributed by atoms with Gasteiger partial charge in [0.2, 0.25) is 5.91 Å². The number of likely N-dealkylation sites (tertiary alicyclic amines) is 1. The van der Waals surface area contributed by atoms with Gasteiger partial charge in [-0.2, -0.15) is 10.2 Å². The molecule has 1 aliphatic heterocycles. The maximum atomic E-state index is 12.7. The molecular weight excluding hydrogens is 268 g/mol. The summed E-state index contributed by atoms with van der Waals surface area (Å²) in [5.74, 6) is 0.104. The van der Waals surface area contributed by atoms with E-state index in [9.17, 15) is 4.79 Å². The summed E-state index contributed by atoms with van der Waals surface area (Å²) in [6, 6.07) is -0.102. The minimum Gasteiger partial charge on any atom is -0.336 e. The fraction of sp³-hybridized carbons (Fsp3) is 0.571. The standard InChI is InChI=1S/C14H20N6O/c1-11-6-16-18(7-11)8-13-4-3-5-19(13)14(21)12(2)20-10-15-9-17-20/h6-7,9-10,12-13H,3-5,8H2,1-2H3/t12-,13+/m0/s1. The van der Waals surface area contributed by atoms with Crippen molar-refractivity contribution in [2.45, 2.75) is 45.3 Å². The summed E-state index contributed by atoms with van der Waals surface area (Å²) in [4.78, 5) is 18.5. The van der Waals surface area contributed by atoms with Gasteiger partial charge in [0.05, 0.1) is 18.8 Å². The van der Waals surface area contributed by atoms with Gasteiger partial charge in [0, 0.05) is 12.7 Å². The Balaban J connectivity index is 1.70. The number of aryl methyl sites for hydroxylation is 1. The number of rotatable bonds is 4. The first kappa shape index (κ1) is 13.8. The van der Waals surface area contributed by atoms with E-state index in [0.717, 1.165) is 31.5 Å². The van der Waals surface area contributed by atoms with Gasteiger partial charge in [-0.15, -0.1) is 0 Å². The second-order valence-corrected chi connectivity index (χ2v) is 5.62. The molecule has 0 saturated carbocycles. The normalized spacial score (nSPS) is 19.9. The molecule has 0 aromatic carbocycles. The Hall–Kier alpha value is -2.18. The summed E-state index contributed by atoms with van der Waals surface area (Å²) in [6.07, 6.45) is 8.97. The lowest BCUT2D eigenvalue weighted by Crippen LogP contribution is -2.41. The highest BCUT2D eigenvalue weighted by atomic mass is 16.2. The Bertz CT molecular complexity index is 605. The van der Waals surface area contributed by atoms with Gasteiger partial charge < -0.3 is 4.90 Å². The number of aromatic nitrogens is 5. The smallest absolute Gasteiger partial charge is 0.247 e. The molecule has 2 aromatic rings. The Labute approximate surface area is 123 Å². The number of carbonyl (C=O) groups is 1. The molecular formula is C14H20N6O.